The normalized spacial score (nSPS) is 33.1. The lowest BCUT2D eigenvalue weighted by molar-refractivity contribution is -0.244. The Hall–Kier alpha value is -1.50. The quantitative estimate of drug-likeness (QED) is 0.594. The van der Waals surface area contributed by atoms with E-state index >= 15 is 0 Å². The van der Waals surface area contributed by atoms with Gasteiger partial charge in [-0.05, 0) is 32.9 Å². The van der Waals surface area contributed by atoms with Gasteiger partial charge >= 0.3 is 6.18 Å². The first kappa shape index (κ1) is 16.0. The fourth-order valence-corrected chi connectivity index (χ4v) is 7.06. The lowest BCUT2D eigenvalue weighted by atomic mass is 9.96. The molecule has 0 amide bonds. The summed E-state index contributed by atoms with van der Waals surface area (Å²) in [6.07, 6.45) is -4.54. The summed E-state index contributed by atoms with van der Waals surface area (Å²) in [5, 5.41) is 0. The minimum atomic E-state index is -4.54. The molecule has 0 saturated carbocycles. The summed E-state index contributed by atoms with van der Waals surface area (Å²) in [6, 6.07) is 13.9. The average molecular weight is 354 g/mol. The van der Waals surface area contributed by atoms with Crippen molar-refractivity contribution >= 4 is 10.6 Å². The van der Waals surface area contributed by atoms with Crippen molar-refractivity contribution in [2.24, 2.45) is 0 Å². The maximum atomic E-state index is 13.9. The first-order valence-electron chi connectivity index (χ1n) is 7.62. The zero-order chi connectivity index (χ0) is 17.4. The number of rotatable bonds is 0. The Morgan fingerprint density at radius 1 is 0.792 bits per heavy atom. The molecule has 0 radical (unpaired) electrons. The predicted octanol–water partition coefficient (Wildman–Crippen LogP) is 5.81. The first-order valence-corrected chi connectivity index (χ1v) is 9.10. The van der Waals surface area contributed by atoms with E-state index in [0.29, 0.717) is 4.90 Å². The molecule has 2 unspecified atom stereocenters. The van der Waals surface area contributed by atoms with Crippen LogP contribution in [0.25, 0.3) is 0 Å². The van der Waals surface area contributed by atoms with Gasteiger partial charge in [-0.3, -0.25) is 8.37 Å². The van der Waals surface area contributed by atoms with Crippen LogP contribution < -0.4 is 0 Å². The van der Waals surface area contributed by atoms with Gasteiger partial charge in [0.15, 0.2) is 0 Å². The molecule has 0 saturated heterocycles. The van der Waals surface area contributed by atoms with Gasteiger partial charge in [0.1, 0.15) is 5.60 Å². The highest BCUT2D eigenvalue weighted by molar-refractivity contribution is 8.26. The zero-order valence-electron chi connectivity index (χ0n) is 13.5. The second-order valence-electron chi connectivity index (χ2n) is 6.70. The molecular formula is C18H17F3O2S. The van der Waals surface area contributed by atoms with Crippen molar-refractivity contribution in [3.8, 4) is 0 Å². The van der Waals surface area contributed by atoms with Crippen LogP contribution in [-0.2, 0) is 19.6 Å². The highest BCUT2D eigenvalue weighted by Gasteiger charge is 2.65. The van der Waals surface area contributed by atoms with Gasteiger partial charge in [0.2, 0.25) is 5.60 Å². The Labute approximate surface area is 140 Å². The van der Waals surface area contributed by atoms with Crippen molar-refractivity contribution in [2.45, 2.75) is 47.9 Å². The third kappa shape index (κ3) is 1.82. The molecule has 0 fully saturated rings. The van der Waals surface area contributed by atoms with Crippen LogP contribution in [-0.4, -0.2) is 6.18 Å². The molecule has 0 aliphatic carbocycles. The van der Waals surface area contributed by atoms with Crippen LogP contribution in [0.4, 0.5) is 13.2 Å². The Balaban J connectivity index is 2.03. The molecule has 24 heavy (non-hydrogen) atoms. The van der Waals surface area contributed by atoms with Gasteiger partial charge in [-0.15, -0.1) is 10.6 Å². The molecule has 2 nitrogen and oxygen atoms in total. The van der Waals surface area contributed by atoms with Crippen molar-refractivity contribution < 1.29 is 21.5 Å². The van der Waals surface area contributed by atoms with E-state index in [9.17, 15) is 13.2 Å². The van der Waals surface area contributed by atoms with Crippen molar-refractivity contribution in [3.63, 3.8) is 0 Å². The van der Waals surface area contributed by atoms with E-state index < -0.39 is 28.0 Å². The molecule has 2 heterocycles. The fraction of sp³-hybridized carbons (Fsp3) is 0.333. The van der Waals surface area contributed by atoms with Crippen LogP contribution in [0.1, 0.15) is 31.9 Å². The monoisotopic (exact) mass is 354 g/mol. The van der Waals surface area contributed by atoms with Gasteiger partial charge in [0, 0.05) is 11.1 Å². The largest absolute Gasteiger partial charge is 0.423 e. The molecule has 4 rings (SSSR count). The summed E-state index contributed by atoms with van der Waals surface area (Å²) in [4.78, 5) is 1.22. The Kier molecular flexibility index (Phi) is 3.04. The highest BCUT2D eigenvalue weighted by atomic mass is 32.3. The summed E-state index contributed by atoms with van der Waals surface area (Å²) in [5.74, 6) is 0. The predicted molar refractivity (Wildman–Crippen MR) is 85.6 cm³/mol. The summed E-state index contributed by atoms with van der Waals surface area (Å²) >= 11 is 0. The molecule has 0 aromatic heterocycles. The molecule has 2 aromatic rings. The van der Waals surface area contributed by atoms with Crippen molar-refractivity contribution in [1.29, 1.82) is 0 Å². The Morgan fingerprint density at radius 3 is 1.88 bits per heavy atom. The fourth-order valence-electron chi connectivity index (χ4n) is 3.43. The minimum Gasteiger partial charge on any atom is -0.264 e. The standard InChI is InChI=1S/C18H17F3O2S/c1-16(2)12-8-4-6-10-14(12)24(22-16)15-11-7-5-9-13(15)17(3,23-24)18(19,20)21/h4-11H,1-3H3. The SMILES string of the molecule is CC1(C)OS2(OC(C)(C(F)(F)F)c3ccccc32)c2ccccc21. The molecule has 1 spiro atoms. The van der Waals surface area contributed by atoms with Crippen LogP contribution in [0.3, 0.4) is 0 Å². The second kappa shape index (κ2) is 4.56. The van der Waals surface area contributed by atoms with Crippen LogP contribution in [0, 0.1) is 0 Å². The molecular weight excluding hydrogens is 337 g/mol. The van der Waals surface area contributed by atoms with E-state index in [1.165, 1.54) is 6.07 Å². The number of halogens is 3. The van der Waals surface area contributed by atoms with E-state index in [0.717, 1.165) is 17.4 Å². The Bertz CT molecular complexity index is 833. The second-order valence-corrected chi connectivity index (χ2v) is 8.92. The summed E-state index contributed by atoms with van der Waals surface area (Å²) in [6.45, 7) is 4.82. The maximum absolute atomic E-state index is 13.9. The molecule has 2 aromatic carbocycles. The Morgan fingerprint density at radius 2 is 1.29 bits per heavy atom. The third-order valence-corrected chi connectivity index (χ3v) is 7.76. The first-order chi connectivity index (χ1) is 11.1. The smallest absolute Gasteiger partial charge is 0.264 e. The van der Waals surface area contributed by atoms with Crippen LogP contribution in [0.2, 0.25) is 0 Å². The van der Waals surface area contributed by atoms with Crippen molar-refractivity contribution in [3.05, 3.63) is 59.7 Å². The molecule has 2 atom stereocenters. The van der Waals surface area contributed by atoms with Crippen molar-refractivity contribution in [2.75, 3.05) is 0 Å². The van der Waals surface area contributed by atoms with E-state index in [1.807, 2.05) is 38.1 Å². The van der Waals surface area contributed by atoms with Gasteiger partial charge in [-0.1, -0.05) is 36.4 Å². The summed E-state index contributed by atoms with van der Waals surface area (Å²) in [5.41, 5.74) is -2.08. The van der Waals surface area contributed by atoms with E-state index in [2.05, 4.69) is 0 Å². The van der Waals surface area contributed by atoms with E-state index in [4.69, 9.17) is 8.37 Å². The number of alkyl halides is 3. The molecule has 2 aliphatic heterocycles. The minimum absolute atomic E-state index is 0.139. The lowest BCUT2D eigenvalue weighted by Gasteiger charge is -2.40. The highest BCUT2D eigenvalue weighted by Crippen LogP contribution is 2.80. The van der Waals surface area contributed by atoms with Gasteiger partial charge in [0.05, 0.1) is 9.79 Å². The molecule has 0 N–H and O–H groups in total. The molecule has 128 valence electrons. The van der Waals surface area contributed by atoms with Crippen LogP contribution in [0.5, 0.6) is 0 Å². The topological polar surface area (TPSA) is 18.5 Å². The maximum Gasteiger partial charge on any atom is 0.423 e. The number of hydrogen-bond donors (Lipinski definition) is 0. The van der Waals surface area contributed by atoms with Crippen LogP contribution in [0.15, 0.2) is 58.3 Å². The summed E-state index contributed by atoms with van der Waals surface area (Å²) < 4.78 is 53.7. The van der Waals surface area contributed by atoms with E-state index in [-0.39, 0.29) is 5.56 Å². The molecule has 2 aliphatic rings. The number of benzene rings is 2. The van der Waals surface area contributed by atoms with Gasteiger partial charge in [-0.25, -0.2) is 0 Å². The average Bonchev–Trinajstić information content (AvgIpc) is 2.91. The van der Waals surface area contributed by atoms with Gasteiger partial charge < -0.3 is 0 Å². The molecule has 0 bridgehead atoms. The van der Waals surface area contributed by atoms with E-state index in [1.54, 1.807) is 18.2 Å². The van der Waals surface area contributed by atoms with Crippen molar-refractivity contribution in [1.82, 2.24) is 0 Å². The van der Waals surface area contributed by atoms with Gasteiger partial charge in [0.25, 0.3) is 0 Å². The van der Waals surface area contributed by atoms with Crippen LogP contribution >= 0.6 is 10.6 Å². The third-order valence-electron chi connectivity index (χ3n) is 4.67. The number of fused-ring (bicyclic) bond motifs is 4. The number of hydrogen-bond acceptors (Lipinski definition) is 2. The lowest BCUT2D eigenvalue weighted by Crippen LogP contribution is -2.39. The molecule has 6 heteroatoms. The van der Waals surface area contributed by atoms with Gasteiger partial charge in [-0.2, -0.15) is 13.2 Å². The summed E-state index contributed by atoms with van der Waals surface area (Å²) in [7, 11) is -2.66. The zero-order valence-corrected chi connectivity index (χ0v) is 14.3.